The molecule has 5 nitrogen and oxygen atoms in total. The maximum absolute atomic E-state index is 13.8. The molecule has 1 aliphatic rings. The van der Waals surface area contributed by atoms with E-state index in [9.17, 15) is 19.1 Å². The first-order valence-corrected chi connectivity index (χ1v) is 9.89. The molecule has 1 heterocycles. The summed E-state index contributed by atoms with van der Waals surface area (Å²) in [6.45, 7) is 1.35. The van der Waals surface area contributed by atoms with Gasteiger partial charge in [0, 0.05) is 19.5 Å². The zero-order chi connectivity index (χ0) is 20.8. The van der Waals surface area contributed by atoms with Gasteiger partial charge < -0.3 is 14.7 Å². The third kappa shape index (κ3) is 5.34. The molecule has 154 valence electrons. The van der Waals surface area contributed by atoms with Crippen molar-refractivity contribution in [2.24, 2.45) is 5.92 Å². The molecule has 1 amide bonds. The molecule has 0 spiro atoms. The first-order valence-electron chi connectivity index (χ1n) is 9.89. The minimum atomic E-state index is -0.900. The Morgan fingerprint density at radius 1 is 1.17 bits per heavy atom. The minimum absolute atomic E-state index is 0.0746. The number of amides is 1. The van der Waals surface area contributed by atoms with Gasteiger partial charge in [0.05, 0.1) is 12.7 Å². The summed E-state index contributed by atoms with van der Waals surface area (Å²) < 4.78 is 18.7. The molecular weight excluding hydrogens is 373 g/mol. The predicted molar refractivity (Wildman–Crippen MR) is 108 cm³/mol. The molecule has 0 radical (unpaired) electrons. The number of carbonyl (C=O) groups excluding carboxylic acids is 1. The predicted octanol–water partition coefficient (Wildman–Crippen LogP) is 3.95. The van der Waals surface area contributed by atoms with Crippen molar-refractivity contribution in [1.29, 1.82) is 0 Å². The Morgan fingerprint density at radius 2 is 1.90 bits per heavy atom. The molecule has 1 fully saturated rings. The molecule has 0 atom stereocenters. The molecule has 3 rings (SSSR count). The van der Waals surface area contributed by atoms with Gasteiger partial charge in [0.2, 0.25) is 5.91 Å². The van der Waals surface area contributed by atoms with Crippen molar-refractivity contribution >= 4 is 11.9 Å². The fourth-order valence-corrected chi connectivity index (χ4v) is 3.88. The second-order valence-electron chi connectivity index (χ2n) is 7.46. The van der Waals surface area contributed by atoms with Crippen LogP contribution in [-0.4, -0.2) is 42.1 Å². The summed E-state index contributed by atoms with van der Waals surface area (Å²) in [7, 11) is 1.42. The highest BCUT2D eigenvalue weighted by atomic mass is 19.1. The third-order valence-electron chi connectivity index (χ3n) is 5.57. The Bertz CT molecular complexity index is 875. The molecule has 2 aromatic carbocycles. The summed E-state index contributed by atoms with van der Waals surface area (Å²) in [5.74, 6) is -0.671. The number of hydrogen-bond donors (Lipinski definition) is 1. The van der Waals surface area contributed by atoms with Crippen LogP contribution in [0.2, 0.25) is 0 Å². The van der Waals surface area contributed by atoms with Crippen LogP contribution in [-0.2, 0) is 17.6 Å². The van der Waals surface area contributed by atoms with Gasteiger partial charge in [0.1, 0.15) is 0 Å². The van der Waals surface area contributed by atoms with Crippen LogP contribution >= 0.6 is 0 Å². The Morgan fingerprint density at radius 3 is 2.55 bits per heavy atom. The van der Waals surface area contributed by atoms with E-state index in [1.807, 2.05) is 17.0 Å². The van der Waals surface area contributed by atoms with Crippen LogP contribution in [0.3, 0.4) is 0 Å². The molecule has 29 heavy (non-hydrogen) atoms. The summed E-state index contributed by atoms with van der Waals surface area (Å²) in [5, 5.41) is 9.33. The van der Waals surface area contributed by atoms with Gasteiger partial charge in [-0.05, 0) is 60.9 Å². The summed E-state index contributed by atoms with van der Waals surface area (Å²) in [6.07, 6.45) is 3.27. The number of halogens is 1. The normalized spacial score (nSPS) is 14.6. The van der Waals surface area contributed by atoms with E-state index >= 15 is 0 Å². The number of carbonyl (C=O) groups is 2. The number of methoxy groups -OCH3 is 1. The Hall–Kier alpha value is -2.89. The van der Waals surface area contributed by atoms with Crippen LogP contribution in [0.4, 0.5) is 4.39 Å². The van der Waals surface area contributed by atoms with E-state index in [0.717, 1.165) is 30.4 Å². The molecular formula is C23H26FNO4. The maximum atomic E-state index is 13.8. The van der Waals surface area contributed by atoms with Gasteiger partial charge in [-0.25, -0.2) is 9.18 Å². The fourth-order valence-electron chi connectivity index (χ4n) is 3.88. The van der Waals surface area contributed by atoms with Crippen molar-refractivity contribution in [3.8, 4) is 5.75 Å². The number of carboxylic acids is 1. The smallest absolute Gasteiger partial charge is 0.335 e. The van der Waals surface area contributed by atoms with E-state index in [1.54, 1.807) is 24.3 Å². The van der Waals surface area contributed by atoms with Crippen molar-refractivity contribution in [2.75, 3.05) is 20.2 Å². The molecule has 1 N–H and O–H groups in total. The van der Waals surface area contributed by atoms with Gasteiger partial charge in [-0.1, -0.05) is 24.3 Å². The lowest BCUT2D eigenvalue weighted by Crippen LogP contribution is -2.39. The number of piperidine rings is 1. The number of carboxylic acid groups (broad SMARTS) is 1. The lowest BCUT2D eigenvalue weighted by atomic mass is 9.88. The molecule has 0 aliphatic carbocycles. The van der Waals surface area contributed by atoms with Crippen LogP contribution in [0.25, 0.3) is 0 Å². The molecule has 1 aliphatic heterocycles. The van der Waals surface area contributed by atoms with Crippen molar-refractivity contribution in [2.45, 2.75) is 32.1 Å². The molecule has 0 bridgehead atoms. The number of hydrogen-bond acceptors (Lipinski definition) is 3. The maximum Gasteiger partial charge on any atom is 0.335 e. The number of likely N-dealkylation sites (tertiary alicyclic amines) is 1. The third-order valence-corrected chi connectivity index (χ3v) is 5.57. The van der Waals surface area contributed by atoms with Crippen molar-refractivity contribution in [3.05, 3.63) is 65.0 Å². The summed E-state index contributed by atoms with van der Waals surface area (Å²) >= 11 is 0. The summed E-state index contributed by atoms with van der Waals surface area (Å²) in [4.78, 5) is 25.7. The standard InChI is InChI=1S/C23H26FNO4/c1-29-21-8-6-16(15-20(21)24)7-9-22(26)25-12-10-17(11-13-25)14-18-4-2-3-5-19(18)23(27)28/h2-6,8,15,17H,7,9-14H2,1H3,(H,27,28). The topological polar surface area (TPSA) is 66.8 Å². The molecule has 0 unspecified atom stereocenters. The zero-order valence-corrected chi connectivity index (χ0v) is 16.6. The van der Waals surface area contributed by atoms with Crippen LogP contribution in [0, 0.1) is 11.7 Å². The van der Waals surface area contributed by atoms with Crippen LogP contribution in [0.15, 0.2) is 42.5 Å². The van der Waals surface area contributed by atoms with E-state index < -0.39 is 11.8 Å². The number of aryl methyl sites for hydroxylation is 1. The quantitative estimate of drug-likeness (QED) is 0.766. The first kappa shape index (κ1) is 20.8. The van der Waals surface area contributed by atoms with E-state index in [-0.39, 0.29) is 11.7 Å². The first-order chi connectivity index (χ1) is 14.0. The Labute approximate surface area is 170 Å². The van der Waals surface area contributed by atoms with E-state index in [0.29, 0.717) is 37.4 Å². The van der Waals surface area contributed by atoms with Crippen molar-refractivity contribution < 1.29 is 23.8 Å². The lowest BCUT2D eigenvalue weighted by Gasteiger charge is -2.32. The SMILES string of the molecule is COc1ccc(CCC(=O)N2CCC(Cc3ccccc3C(=O)O)CC2)cc1F. The Balaban J connectivity index is 1.48. The summed E-state index contributed by atoms with van der Waals surface area (Å²) in [6, 6.07) is 11.9. The average Bonchev–Trinajstić information content (AvgIpc) is 2.73. The van der Waals surface area contributed by atoms with Crippen LogP contribution in [0.1, 0.15) is 40.7 Å². The van der Waals surface area contributed by atoms with Gasteiger partial charge in [-0.2, -0.15) is 0 Å². The second kappa shape index (κ2) is 9.54. The monoisotopic (exact) mass is 399 g/mol. The molecule has 2 aromatic rings. The van der Waals surface area contributed by atoms with Crippen molar-refractivity contribution in [1.82, 2.24) is 4.90 Å². The molecule has 0 saturated carbocycles. The zero-order valence-electron chi connectivity index (χ0n) is 16.6. The van der Waals surface area contributed by atoms with Gasteiger partial charge in [-0.15, -0.1) is 0 Å². The number of rotatable bonds is 7. The second-order valence-corrected chi connectivity index (χ2v) is 7.46. The number of nitrogens with zero attached hydrogens (tertiary/aromatic N) is 1. The largest absolute Gasteiger partial charge is 0.494 e. The van der Waals surface area contributed by atoms with Crippen LogP contribution < -0.4 is 4.74 Å². The fraction of sp³-hybridized carbons (Fsp3) is 0.391. The van der Waals surface area contributed by atoms with Crippen LogP contribution in [0.5, 0.6) is 5.75 Å². The van der Waals surface area contributed by atoms with Gasteiger partial charge >= 0.3 is 5.97 Å². The van der Waals surface area contributed by atoms with E-state index in [1.165, 1.54) is 13.2 Å². The van der Waals surface area contributed by atoms with Crippen molar-refractivity contribution in [3.63, 3.8) is 0 Å². The number of ether oxygens (including phenoxy) is 1. The van der Waals surface area contributed by atoms with E-state index in [4.69, 9.17) is 4.74 Å². The molecule has 1 saturated heterocycles. The lowest BCUT2D eigenvalue weighted by molar-refractivity contribution is -0.132. The number of benzene rings is 2. The van der Waals surface area contributed by atoms with Gasteiger partial charge in [0.25, 0.3) is 0 Å². The highest BCUT2D eigenvalue weighted by Gasteiger charge is 2.24. The molecule has 6 heteroatoms. The van der Waals surface area contributed by atoms with Gasteiger partial charge in [0.15, 0.2) is 11.6 Å². The van der Waals surface area contributed by atoms with E-state index in [2.05, 4.69) is 0 Å². The minimum Gasteiger partial charge on any atom is -0.494 e. The summed E-state index contributed by atoms with van der Waals surface area (Å²) in [5.41, 5.74) is 1.99. The molecule has 0 aromatic heterocycles. The highest BCUT2D eigenvalue weighted by Crippen LogP contribution is 2.24. The highest BCUT2D eigenvalue weighted by molar-refractivity contribution is 5.89. The average molecular weight is 399 g/mol. The Kier molecular flexibility index (Phi) is 6.86. The van der Waals surface area contributed by atoms with Gasteiger partial charge in [-0.3, -0.25) is 4.79 Å². The number of aromatic carboxylic acids is 1.